The number of likely N-dealkylation sites (tertiary alicyclic amines) is 2. The normalized spacial score (nSPS) is 24.5. The van der Waals surface area contributed by atoms with Crippen LogP contribution in [-0.2, 0) is 11.3 Å². The van der Waals surface area contributed by atoms with Crippen LogP contribution < -0.4 is 0 Å². The van der Waals surface area contributed by atoms with Gasteiger partial charge in [-0.15, -0.1) is 0 Å². The summed E-state index contributed by atoms with van der Waals surface area (Å²) in [5.74, 6) is 0.234. The number of rotatable bonds is 5. The minimum absolute atomic E-state index is 0.137. The zero-order valence-corrected chi connectivity index (χ0v) is 14.8. The molecule has 1 aromatic rings. The van der Waals surface area contributed by atoms with Crippen molar-refractivity contribution in [1.29, 1.82) is 5.26 Å². The molecule has 1 aromatic carbocycles. The zero-order chi connectivity index (χ0) is 17.7. The van der Waals surface area contributed by atoms with E-state index < -0.39 is 0 Å². The molecule has 1 atom stereocenters. The lowest BCUT2D eigenvalue weighted by Gasteiger charge is -2.48. The number of piperidine rings is 2. The van der Waals surface area contributed by atoms with Crippen LogP contribution in [-0.4, -0.2) is 53.6 Å². The van der Waals surface area contributed by atoms with Crippen molar-refractivity contribution in [3.05, 3.63) is 35.4 Å². The average molecular weight is 341 g/mol. The molecule has 0 aromatic heterocycles. The number of nitriles is 1. The summed E-state index contributed by atoms with van der Waals surface area (Å²) in [5, 5.41) is 18.1. The van der Waals surface area contributed by atoms with Gasteiger partial charge in [0.05, 0.1) is 11.6 Å². The Labute approximate surface area is 149 Å². The molecule has 0 aliphatic carbocycles. The molecule has 2 heterocycles. The molecule has 2 saturated heterocycles. The number of aliphatic hydroxyl groups is 1. The van der Waals surface area contributed by atoms with E-state index in [2.05, 4.69) is 17.0 Å². The van der Waals surface area contributed by atoms with Gasteiger partial charge in [-0.1, -0.05) is 12.1 Å². The van der Waals surface area contributed by atoms with Crippen molar-refractivity contribution < 1.29 is 9.90 Å². The number of hydrogen-bond acceptors (Lipinski definition) is 4. The van der Waals surface area contributed by atoms with E-state index in [1.54, 1.807) is 0 Å². The summed E-state index contributed by atoms with van der Waals surface area (Å²) in [6.07, 6.45) is 4.58. The van der Waals surface area contributed by atoms with Crippen LogP contribution in [0, 0.1) is 16.7 Å². The van der Waals surface area contributed by atoms with Gasteiger partial charge in [0.2, 0.25) is 5.91 Å². The highest BCUT2D eigenvalue weighted by Gasteiger charge is 2.41. The summed E-state index contributed by atoms with van der Waals surface area (Å²) in [6.45, 7) is 4.57. The van der Waals surface area contributed by atoms with E-state index in [9.17, 15) is 4.79 Å². The van der Waals surface area contributed by atoms with E-state index in [-0.39, 0.29) is 17.9 Å². The third-order valence-electron chi connectivity index (χ3n) is 5.54. The van der Waals surface area contributed by atoms with Gasteiger partial charge < -0.3 is 10.0 Å². The van der Waals surface area contributed by atoms with E-state index in [4.69, 9.17) is 10.4 Å². The summed E-state index contributed by atoms with van der Waals surface area (Å²) in [7, 11) is 0. The standard InChI is InChI=1S/C20H27N3O2/c21-13-17-4-1-5-18(12-17)14-22-9-2-7-20(15-22)8-6-19(25)23(16-20)10-3-11-24/h1,4-5,12,24H,2-3,6-11,14-16H2. The molecule has 2 fully saturated rings. The number of aliphatic hydroxyl groups excluding tert-OH is 1. The predicted octanol–water partition coefficient (Wildman–Crippen LogP) is 2.15. The van der Waals surface area contributed by atoms with Gasteiger partial charge in [0, 0.05) is 44.6 Å². The molecular formula is C20H27N3O2. The van der Waals surface area contributed by atoms with Crippen LogP contribution in [0.2, 0.25) is 0 Å². The van der Waals surface area contributed by atoms with Gasteiger partial charge >= 0.3 is 0 Å². The van der Waals surface area contributed by atoms with Gasteiger partial charge in [-0.3, -0.25) is 9.69 Å². The van der Waals surface area contributed by atoms with Crippen LogP contribution >= 0.6 is 0 Å². The molecule has 0 saturated carbocycles. The summed E-state index contributed by atoms with van der Waals surface area (Å²) in [6, 6.07) is 10.1. The van der Waals surface area contributed by atoms with Crippen LogP contribution in [0.1, 0.15) is 43.2 Å². The lowest BCUT2D eigenvalue weighted by Crippen LogP contribution is -2.54. The molecule has 1 amide bonds. The van der Waals surface area contributed by atoms with Crippen molar-refractivity contribution in [1.82, 2.24) is 9.80 Å². The molecule has 25 heavy (non-hydrogen) atoms. The predicted molar refractivity (Wildman–Crippen MR) is 95.6 cm³/mol. The first-order valence-electron chi connectivity index (χ1n) is 9.24. The third-order valence-corrected chi connectivity index (χ3v) is 5.54. The molecule has 1 unspecified atom stereocenters. The van der Waals surface area contributed by atoms with Crippen LogP contribution in [0.3, 0.4) is 0 Å². The second-order valence-electron chi connectivity index (χ2n) is 7.52. The number of hydrogen-bond donors (Lipinski definition) is 1. The largest absolute Gasteiger partial charge is 0.396 e. The Bertz CT molecular complexity index is 655. The van der Waals surface area contributed by atoms with Gasteiger partial charge in [-0.25, -0.2) is 0 Å². The highest BCUT2D eigenvalue weighted by Crippen LogP contribution is 2.39. The number of carbonyl (C=O) groups excluding carboxylic acids is 1. The fraction of sp³-hybridized carbons (Fsp3) is 0.600. The molecule has 1 spiro atoms. The smallest absolute Gasteiger partial charge is 0.222 e. The lowest BCUT2D eigenvalue weighted by molar-refractivity contribution is -0.139. The molecular weight excluding hydrogens is 314 g/mol. The van der Waals surface area contributed by atoms with Crippen LogP contribution in [0.5, 0.6) is 0 Å². The van der Waals surface area contributed by atoms with E-state index >= 15 is 0 Å². The second-order valence-corrected chi connectivity index (χ2v) is 7.52. The maximum absolute atomic E-state index is 12.2. The highest BCUT2D eigenvalue weighted by atomic mass is 16.3. The topological polar surface area (TPSA) is 67.6 Å². The molecule has 5 nitrogen and oxygen atoms in total. The molecule has 5 heteroatoms. The Morgan fingerprint density at radius 2 is 2.16 bits per heavy atom. The maximum atomic E-state index is 12.2. The molecule has 1 N–H and O–H groups in total. The zero-order valence-electron chi connectivity index (χ0n) is 14.8. The van der Waals surface area contributed by atoms with Gasteiger partial charge in [-0.2, -0.15) is 5.26 Å². The SMILES string of the molecule is N#Cc1cccc(CN2CCCC3(CCC(=O)N(CCCO)C3)C2)c1. The van der Waals surface area contributed by atoms with Gasteiger partial charge in [-0.05, 0) is 49.9 Å². The Morgan fingerprint density at radius 1 is 1.28 bits per heavy atom. The van der Waals surface area contributed by atoms with Crippen molar-refractivity contribution in [2.24, 2.45) is 5.41 Å². The first kappa shape index (κ1) is 17.9. The molecule has 3 rings (SSSR count). The highest BCUT2D eigenvalue weighted by molar-refractivity contribution is 5.77. The molecule has 2 aliphatic rings. The van der Waals surface area contributed by atoms with Crippen molar-refractivity contribution in [2.75, 3.05) is 32.8 Å². The number of benzene rings is 1. The number of amides is 1. The van der Waals surface area contributed by atoms with E-state index in [0.717, 1.165) is 39.0 Å². The minimum Gasteiger partial charge on any atom is -0.396 e. The van der Waals surface area contributed by atoms with Crippen molar-refractivity contribution in [3.63, 3.8) is 0 Å². The summed E-state index contributed by atoms with van der Waals surface area (Å²) < 4.78 is 0. The van der Waals surface area contributed by atoms with Crippen molar-refractivity contribution >= 4 is 5.91 Å². The summed E-state index contributed by atoms with van der Waals surface area (Å²) in [4.78, 5) is 16.6. The van der Waals surface area contributed by atoms with Gasteiger partial charge in [0.15, 0.2) is 0 Å². The second kappa shape index (κ2) is 7.99. The molecule has 134 valence electrons. The van der Waals surface area contributed by atoms with Gasteiger partial charge in [0.1, 0.15) is 0 Å². The fourth-order valence-electron chi connectivity index (χ4n) is 4.34. The van der Waals surface area contributed by atoms with Crippen molar-refractivity contribution in [2.45, 2.75) is 38.6 Å². The first-order chi connectivity index (χ1) is 12.1. The molecule has 0 radical (unpaired) electrons. The van der Waals surface area contributed by atoms with E-state index in [1.807, 2.05) is 23.1 Å². The average Bonchev–Trinajstić information content (AvgIpc) is 2.63. The molecule has 2 aliphatic heterocycles. The third kappa shape index (κ3) is 4.39. The Hall–Kier alpha value is -1.90. The molecule has 0 bridgehead atoms. The van der Waals surface area contributed by atoms with E-state index in [1.165, 1.54) is 12.0 Å². The Kier molecular flexibility index (Phi) is 5.72. The number of carbonyl (C=O) groups is 1. The summed E-state index contributed by atoms with van der Waals surface area (Å²) >= 11 is 0. The monoisotopic (exact) mass is 341 g/mol. The minimum atomic E-state index is 0.137. The maximum Gasteiger partial charge on any atom is 0.222 e. The fourth-order valence-corrected chi connectivity index (χ4v) is 4.34. The number of nitrogens with zero attached hydrogens (tertiary/aromatic N) is 3. The van der Waals surface area contributed by atoms with Crippen LogP contribution in [0.4, 0.5) is 0 Å². The quantitative estimate of drug-likeness (QED) is 0.891. The Morgan fingerprint density at radius 3 is 2.96 bits per heavy atom. The van der Waals surface area contributed by atoms with E-state index in [0.29, 0.717) is 24.9 Å². The van der Waals surface area contributed by atoms with Crippen molar-refractivity contribution in [3.8, 4) is 6.07 Å². The summed E-state index contributed by atoms with van der Waals surface area (Å²) in [5.41, 5.74) is 2.08. The van der Waals surface area contributed by atoms with Crippen LogP contribution in [0.25, 0.3) is 0 Å². The first-order valence-corrected chi connectivity index (χ1v) is 9.24. The van der Waals surface area contributed by atoms with Gasteiger partial charge in [0.25, 0.3) is 0 Å². The van der Waals surface area contributed by atoms with Crippen LogP contribution in [0.15, 0.2) is 24.3 Å². The Balaban J connectivity index is 1.65. The lowest BCUT2D eigenvalue weighted by atomic mass is 9.73.